The van der Waals surface area contributed by atoms with Crippen LogP contribution in [-0.4, -0.2) is 59.6 Å². The number of carboxylic acid groups (broad SMARTS) is 1. The minimum absolute atomic E-state index is 0.0582. The van der Waals surface area contributed by atoms with Gasteiger partial charge in [-0.05, 0) is 38.6 Å². The molecular weight excluding hydrogens is 252 g/mol. The number of carboxylic acids is 1. The summed E-state index contributed by atoms with van der Waals surface area (Å²) in [7, 11) is 2.15. The predicted molar refractivity (Wildman–Crippen MR) is 80.9 cm³/mol. The van der Waals surface area contributed by atoms with Crippen LogP contribution in [0.4, 0.5) is 0 Å². The average molecular weight is 282 g/mol. The van der Waals surface area contributed by atoms with Gasteiger partial charge in [-0.2, -0.15) is 0 Å². The number of piperazine rings is 1. The topological polar surface area (TPSA) is 43.8 Å². The molecule has 1 saturated carbocycles. The van der Waals surface area contributed by atoms with Crippen LogP contribution in [0, 0.1) is 5.92 Å². The first kappa shape index (κ1) is 15.8. The van der Waals surface area contributed by atoms with Crippen molar-refractivity contribution in [1.82, 2.24) is 9.80 Å². The summed E-state index contributed by atoms with van der Waals surface area (Å²) in [5, 5.41) is 9.35. The van der Waals surface area contributed by atoms with E-state index in [0.29, 0.717) is 6.42 Å². The zero-order valence-corrected chi connectivity index (χ0v) is 13.1. The molecule has 0 spiro atoms. The molecule has 0 bridgehead atoms. The molecule has 0 aromatic carbocycles. The van der Waals surface area contributed by atoms with Gasteiger partial charge in [-0.1, -0.05) is 19.8 Å². The van der Waals surface area contributed by atoms with Gasteiger partial charge in [0.1, 0.15) is 0 Å². The highest BCUT2D eigenvalue weighted by Crippen LogP contribution is 2.40. The minimum Gasteiger partial charge on any atom is -0.481 e. The first-order valence-electron chi connectivity index (χ1n) is 8.21. The van der Waals surface area contributed by atoms with E-state index in [1.165, 1.54) is 25.7 Å². The lowest BCUT2D eigenvalue weighted by Crippen LogP contribution is -2.58. The van der Waals surface area contributed by atoms with E-state index < -0.39 is 5.97 Å². The Kier molecular flexibility index (Phi) is 5.44. The van der Waals surface area contributed by atoms with Gasteiger partial charge >= 0.3 is 5.97 Å². The summed E-state index contributed by atoms with van der Waals surface area (Å²) in [6.45, 7) is 6.45. The van der Waals surface area contributed by atoms with Gasteiger partial charge in [0.05, 0.1) is 6.42 Å². The quantitative estimate of drug-likeness (QED) is 0.841. The molecule has 1 saturated heterocycles. The number of nitrogens with zero attached hydrogens (tertiary/aromatic N) is 2. The number of hydrogen-bond donors (Lipinski definition) is 1. The van der Waals surface area contributed by atoms with Crippen molar-refractivity contribution in [2.75, 3.05) is 33.2 Å². The standard InChI is InChI=1S/C16H30N2O2/c1-3-4-14-5-7-16(8-6-14,13-15(19)20)18-11-9-17(2)10-12-18/h14H,3-13H2,1-2H3,(H,19,20). The maximum absolute atomic E-state index is 11.3. The molecule has 0 radical (unpaired) electrons. The summed E-state index contributed by atoms with van der Waals surface area (Å²) in [4.78, 5) is 16.2. The van der Waals surface area contributed by atoms with Crippen LogP contribution in [0.3, 0.4) is 0 Å². The molecule has 4 nitrogen and oxygen atoms in total. The summed E-state index contributed by atoms with van der Waals surface area (Å²) in [6.07, 6.45) is 7.48. The summed E-state index contributed by atoms with van der Waals surface area (Å²) in [5.41, 5.74) is -0.0582. The first-order chi connectivity index (χ1) is 9.55. The Labute approximate surface area is 123 Å². The third-order valence-corrected chi connectivity index (χ3v) is 5.39. The van der Waals surface area contributed by atoms with Crippen molar-refractivity contribution >= 4 is 5.97 Å². The van der Waals surface area contributed by atoms with Gasteiger partial charge in [0.15, 0.2) is 0 Å². The van der Waals surface area contributed by atoms with E-state index >= 15 is 0 Å². The number of hydrogen-bond acceptors (Lipinski definition) is 3. The van der Waals surface area contributed by atoms with Crippen LogP contribution in [0.15, 0.2) is 0 Å². The fourth-order valence-electron chi connectivity index (χ4n) is 4.08. The molecule has 2 rings (SSSR count). The zero-order valence-electron chi connectivity index (χ0n) is 13.1. The predicted octanol–water partition coefficient (Wildman–Crippen LogP) is 2.44. The maximum atomic E-state index is 11.3. The number of rotatable bonds is 5. The van der Waals surface area contributed by atoms with E-state index in [0.717, 1.165) is 44.9 Å². The molecule has 0 atom stereocenters. The molecule has 0 aromatic heterocycles. The molecule has 0 amide bonds. The molecular formula is C16H30N2O2. The molecule has 1 aliphatic heterocycles. The number of carbonyl (C=O) groups is 1. The second kappa shape index (κ2) is 6.90. The van der Waals surface area contributed by atoms with Crippen LogP contribution in [-0.2, 0) is 4.79 Å². The molecule has 2 fully saturated rings. The van der Waals surface area contributed by atoms with Gasteiger partial charge in [0.25, 0.3) is 0 Å². The van der Waals surface area contributed by atoms with Crippen LogP contribution >= 0.6 is 0 Å². The largest absolute Gasteiger partial charge is 0.481 e. The van der Waals surface area contributed by atoms with Crippen molar-refractivity contribution in [3.63, 3.8) is 0 Å². The molecule has 20 heavy (non-hydrogen) atoms. The average Bonchev–Trinajstić information content (AvgIpc) is 2.41. The highest BCUT2D eigenvalue weighted by Gasteiger charge is 2.42. The van der Waals surface area contributed by atoms with Crippen molar-refractivity contribution in [2.45, 2.75) is 57.4 Å². The van der Waals surface area contributed by atoms with Crippen LogP contribution in [0.1, 0.15) is 51.9 Å². The SMILES string of the molecule is CCCC1CCC(CC(=O)O)(N2CCN(C)CC2)CC1. The molecule has 116 valence electrons. The molecule has 0 unspecified atom stereocenters. The van der Waals surface area contributed by atoms with Crippen LogP contribution < -0.4 is 0 Å². The van der Waals surface area contributed by atoms with E-state index in [1.54, 1.807) is 0 Å². The fraction of sp³-hybridized carbons (Fsp3) is 0.938. The smallest absolute Gasteiger partial charge is 0.305 e. The van der Waals surface area contributed by atoms with Crippen LogP contribution in [0.2, 0.25) is 0 Å². The Balaban J connectivity index is 2.01. The highest BCUT2D eigenvalue weighted by atomic mass is 16.4. The third kappa shape index (κ3) is 3.73. The summed E-state index contributed by atoms with van der Waals surface area (Å²) >= 11 is 0. The van der Waals surface area contributed by atoms with E-state index in [4.69, 9.17) is 0 Å². The van der Waals surface area contributed by atoms with Crippen molar-refractivity contribution < 1.29 is 9.90 Å². The van der Waals surface area contributed by atoms with Crippen molar-refractivity contribution in [1.29, 1.82) is 0 Å². The maximum Gasteiger partial charge on any atom is 0.305 e. The Morgan fingerprint density at radius 2 is 1.80 bits per heavy atom. The normalized spacial score (nSPS) is 33.2. The lowest BCUT2D eigenvalue weighted by atomic mass is 9.72. The molecule has 1 N–H and O–H groups in total. The summed E-state index contributed by atoms with van der Waals surface area (Å²) in [6, 6.07) is 0. The minimum atomic E-state index is -0.627. The number of aliphatic carboxylic acids is 1. The Morgan fingerprint density at radius 3 is 2.30 bits per heavy atom. The van der Waals surface area contributed by atoms with Crippen molar-refractivity contribution in [3.05, 3.63) is 0 Å². The van der Waals surface area contributed by atoms with E-state index in [9.17, 15) is 9.90 Å². The van der Waals surface area contributed by atoms with E-state index in [2.05, 4.69) is 23.8 Å². The third-order valence-electron chi connectivity index (χ3n) is 5.39. The lowest BCUT2D eigenvalue weighted by molar-refractivity contribution is -0.142. The molecule has 1 aliphatic carbocycles. The monoisotopic (exact) mass is 282 g/mol. The lowest BCUT2D eigenvalue weighted by Gasteiger charge is -2.50. The van der Waals surface area contributed by atoms with Gasteiger partial charge in [-0.25, -0.2) is 0 Å². The second-order valence-electron chi connectivity index (χ2n) is 6.82. The van der Waals surface area contributed by atoms with Crippen molar-refractivity contribution in [3.8, 4) is 0 Å². The molecule has 1 heterocycles. The zero-order chi connectivity index (χ0) is 14.6. The Hall–Kier alpha value is -0.610. The van der Waals surface area contributed by atoms with Gasteiger partial charge < -0.3 is 10.0 Å². The molecule has 0 aromatic rings. The first-order valence-corrected chi connectivity index (χ1v) is 8.21. The van der Waals surface area contributed by atoms with Gasteiger partial charge in [0, 0.05) is 31.7 Å². The number of likely N-dealkylation sites (N-methyl/N-ethyl adjacent to an activating group) is 1. The summed E-state index contributed by atoms with van der Waals surface area (Å²) in [5.74, 6) is 0.201. The van der Waals surface area contributed by atoms with Gasteiger partial charge in [-0.3, -0.25) is 9.69 Å². The van der Waals surface area contributed by atoms with E-state index in [1.807, 2.05) is 0 Å². The Morgan fingerprint density at radius 1 is 1.20 bits per heavy atom. The van der Waals surface area contributed by atoms with Gasteiger partial charge in [-0.15, -0.1) is 0 Å². The van der Waals surface area contributed by atoms with Crippen LogP contribution in [0.5, 0.6) is 0 Å². The van der Waals surface area contributed by atoms with E-state index in [-0.39, 0.29) is 5.54 Å². The Bertz CT molecular complexity index is 316. The van der Waals surface area contributed by atoms with Gasteiger partial charge in [0.2, 0.25) is 0 Å². The highest BCUT2D eigenvalue weighted by molar-refractivity contribution is 5.68. The molecule has 2 aliphatic rings. The molecule has 4 heteroatoms. The summed E-state index contributed by atoms with van der Waals surface area (Å²) < 4.78 is 0. The van der Waals surface area contributed by atoms with Crippen LogP contribution in [0.25, 0.3) is 0 Å². The van der Waals surface area contributed by atoms with Crippen molar-refractivity contribution in [2.24, 2.45) is 5.92 Å². The fourth-order valence-corrected chi connectivity index (χ4v) is 4.08. The second-order valence-corrected chi connectivity index (χ2v) is 6.82.